The van der Waals surface area contributed by atoms with Gasteiger partial charge in [0.05, 0.1) is 16.4 Å². The van der Waals surface area contributed by atoms with Crippen molar-refractivity contribution < 1.29 is 8.42 Å². The molecule has 0 unspecified atom stereocenters. The zero-order valence-electron chi connectivity index (χ0n) is 13.8. The predicted octanol–water partition coefficient (Wildman–Crippen LogP) is 3.10. The molecule has 2 heterocycles. The second kappa shape index (κ2) is 6.85. The van der Waals surface area contributed by atoms with Gasteiger partial charge in [-0.05, 0) is 46.1 Å². The van der Waals surface area contributed by atoms with Gasteiger partial charge in [0.25, 0.3) is 10.0 Å². The Labute approximate surface area is 151 Å². The molecule has 0 fully saturated rings. The Morgan fingerprint density at radius 3 is 2.79 bits per heavy atom. The molecule has 1 aliphatic rings. The van der Waals surface area contributed by atoms with Gasteiger partial charge in [0.15, 0.2) is 5.03 Å². The van der Waals surface area contributed by atoms with Crippen molar-refractivity contribution in [3.05, 3.63) is 40.0 Å². The summed E-state index contributed by atoms with van der Waals surface area (Å²) >= 11 is 3.26. The largest absolute Gasteiger partial charge is 0.295 e. The van der Waals surface area contributed by atoms with Crippen LogP contribution in [0.4, 0.5) is 5.69 Å². The second-order valence-electron chi connectivity index (χ2n) is 6.03. The fourth-order valence-electron chi connectivity index (χ4n) is 3.02. The highest BCUT2D eigenvalue weighted by Gasteiger charge is 2.26. The van der Waals surface area contributed by atoms with Crippen molar-refractivity contribution in [3.63, 3.8) is 0 Å². The number of benzene rings is 1. The second-order valence-corrected chi connectivity index (χ2v) is 8.49. The molecular weight excluding hydrogens is 392 g/mol. The van der Waals surface area contributed by atoms with E-state index in [0.717, 1.165) is 38.0 Å². The van der Waals surface area contributed by atoms with Crippen molar-refractivity contribution in [3.8, 4) is 0 Å². The molecule has 0 aliphatic carbocycles. The van der Waals surface area contributed by atoms with E-state index in [2.05, 4.69) is 43.6 Å². The Bertz CT molecular complexity index is 828. The Morgan fingerprint density at radius 1 is 1.33 bits per heavy atom. The molecule has 0 atom stereocenters. The quantitative estimate of drug-likeness (QED) is 0.791. The number of rotatable bonds is 6. The summed E-state index contributed by atoms with van der Waals surface area (Å²) in [7, 11) is -2.09. The molecule has 1 aliphatic heterocycles. The molecule has 24 heavy (non-hydrogen) atoms. The summed E-state index contributed by atoms with van der Waals surface area (Å²) in [5.74, 6) is 0. The first-order valence-corrected chi connectivity index (χ1v) is 10.2. The number of nitrogens with one attached hydrogen (secondary N) is 1. The highest BCUT2D eigenvalue weighted by atomic mass is 79.9. The number of hydrogen-bond acceptors (Lipinski definition) is 4. The molecule has 8 heteroatoms. The standard InChI is InChI=1S/C16H21BrN4O2S/c1-3-4-8-21-10-12-6-5-7-15(13(12)11-21)19-24(22,23)16-14(17)9-18-20(16)2/h5-7,9,19H,3-4,8,10-11H2,1-2H3. The first-order valence-electron chi connectivity index (χ1n) is 7.96. The molecule has 0 saturated carbocycles. The van der Waals surface area contributed by atoms with E-state index in [1.165, 1.54) is 16.4 Å². The molecule has 130 valence electrons. The smallest absolute Gasteiger partial charge is 0.280 e. The lowest BCUT2D eigenvalue weighted by Gasteiger charge is -2.14. The van der Waals surface area contributed by atoms with Crippen LogP contribution in [-0.2, 0) is 30.2 Å². The van der Waals surface area contributed by atoms with E-state index in [9.17, 15) is 8.42 Å². The maximum absolute atomic E-state index is 12.7. The van der Waals surface area contributed by atoms with Gasteiger partial charge in [-0.15, -0.1) is 0 Å². The van der Waals surface area contributed by atoms with Crippen molar-refractivity contribution >= 4 is 31.6 Å². The first kappa shape index (κ1) is 17.4. The minimum atomic E-state index is -3.70. The summed E-state index contributed by atoms with van der Waals surface area (Å²) < 4.78 is 30.0. The van der Waals surface area contributed by atoms with Crippen LogP contribution in [0, 0.1) is 0 Å². The number of unbranched alkanes of at least 4 members (excludes halogenated alkanes) is 1. The maximum atomic E-state index is 12.7. The number of aryl methyl sites for hydroxylation is 1. The summed E-state index contributed by atoms with van der Waals surface area (Å²) in [6.45, 7) is 4.86. The van der Waals surface area contributed by atoms with E-state index in [0.29, 0.717) is 10.2 Å². The zero-order valence-corrected chi connectivity index (χ0v) is 16.2. The van der Waals surface area contributed by atoms with Gasteiger partial charge in [-0.1, -0.05) is 25.5 Å². The minimum Gasteiger partial charge on any atom is -0.295 e. The van der Waals surface area contributed by atoms with Crippen LogP contribution in [0.15, 0.2) is 33.9 Å². The van der Waals surface area contributed by atoms with Crippen LogP contribution < -0.4 is 4.72 Å². The third-order valence-electron chi connectivity index (χ3n) is 4.22. The van der Waals surface area contributed by atoms with Crippen molar-refractivity contribution in [2.24, 2.45) is 7.05 Å². The van der Waals surface area contributed by atoms with Crippen molar-refractivity contribution in [1.82, 2.24) is 14.7 Å². The Morgan fingerprint density at radius 2 is 2.12 bits per heavy atom. The maximum Gasteiger partial charge on any atom is 0.280 e. The molecule has 0 bridgehead atoms. The summed E-state index contributed by atoms with van der Waals surface area (Å²) in [4.78, 5) is 2.35. The van der Waals surface area contributed by atoms with Gasteiger partial charge in [0.2, 0.25) is 0 Å². The van der Waals surface area contributed by atoms with Crippen LogP contribution in [0.5, 0.6) is 0 Å². The molecule has 2 aromatic rings. The van der Waals surface area contributed by atoms with Gasteiger partial charge in [0.1, 0.15) is 0 Å². The third-order valence-corrected chi connectivity index (χ3v) is 6.54. The van der Waals surface area contributed by atoms with E-state index in [1.54, 1.807) is 7.05 Å². The molecule has 0 saturated heterocycles. The number of nitrogens with zero attached hydrogens (tertiary/aromatic N) is 3. The summed E-state index contributed by atoms with van der Waals surface area (Å²) in [5.41, 5.74) is 2.91. The molecule has 0 radical (unpaired) electrons. The van der Waals surface area contributed by atoms with Crippen LogP contribution in [0.25, 0.3) is 0 Å². The average Bonchev–Trinajstić information content (AvgIpc) is 3.09. The molecular formula is C16H21BrN4O2S. The Hall–Kier alpha value is -1.38. The highest BCUT2D eigenvalue weighted by Crippen LogP contribution is 2.31. The number of fused-ring (bicyclic) bond motifs is 1. The number of hydrogen-bond donors (Lipinski definition) is 1. The highest BCUT2D eigenvalue weighted by molar-refractivity contribution is 9.10. The fourth-order valence-corrected chi connectivity index (χ4v) is 5.29. The first-order chi connectivity index (χ1) is 11.4. The molecule has 1 aromatic carbocycles. The van der Waals surface area contributed by atoms with E-state index >= 15 is 0 Å². The van der Waals surface area contributed by atoms with Crippen LogP contribution in [0.1, 0.15) is 30.9 Å². The molecule has 0 amide bonds. The summed E-state index contributed by atoms with van der Waals surface area (Å²) in [6, 6.07) is 5.79. The van der Waals surface area contributed by atoms with Gasteiger partial charge in [-0.25, -0.2) is 0 Å². The third kappa shape index (κ3) is 3.36. The summed E-state index contributed by atoms with van der Waals surface area (Å²) in [6.07, 6.45) is 3.79. The predicted molar refractivity (Wildman–Crippen MR) is 97.2 cm³/mol. The monoisotopic (exact) mass is 412 g/mol. The molecule has 6 nitrogen and oxygen atoms in total. The lowest BCUT2D eigenvalue weighted by Crippen LogP contribution is -2.19. The van der Waals surface area contributed by atoms with E-state index < -0.39 is 10.0 Å². The van der Waals surface area contributed by atoms with Crippen LogP contribution in [-0.4, -0.2) is 29.6 Å². The Kier molecular flexibility index (Phi) is 4.98. The normalized spacial score (nSPS) is 14.8. The minimum absolute atomic E-state index is 0.126. The molecule has 1 aromatic heterocycles. The van der Waals surface area contributed by atoms with E-state index in [4.69, 9.17) is 0 Å². The average molecular weight is 413 g/mol. The van der Waals surface area contributed by atoms with Crippen LogP contribution in [0.3, 0.4) is 0 Å². The molecule has 0 spiro atoms. The van der Waals surface area contributed by atoms with E-state index in [-0.39, 0.29) is 5.03 Å². The van der Waals surface area contributed by atoms with E-state index in [1.807, 2.05) is 12.1 Å². The van der Waals surface area contributed by atoms with Crippen LogP contribution >= 0.6 is 15.9 Å². The SMILES string of the molecule is CCCCN1Cc2cccc(NS(=O)(=O)c3c(Br)cnn3C)c2C1. The lowest BCUT2D eigenvalue weighted by molar-refractivity contribution is 0.279. The zero-order chi connectivity index (χ0) is 17.3. The van der Waals surface area contributed by atoms with Crippen LogP contribution in [0.2, 0.25) is 0 Å². The van der Waals surface area contributed by atoms with Gasteiger partial charge in [-0.2, -0.15) is 13.5 Å². The van der Waals surface area contributed by atoms with Crippen molar-refractivity contribution in [2.75, 3.05) is 11.3 Å². The van der Waals surface area contributed by atoms with Gasteiger partial charge in [-0.3, -0.25) is 14.3 Å². The van der Waals surface area contributed by atoms with Gasteiger partial charge >= 0.3 is 0 Å². The number of halogens is 1. The van der Waals surface area contributed by atoms with Gasteiger partial charge < -0.3 is 0 Å². The molecule has 1 N–H and O–H groups in total. The lowest BCUT2D eigenvalue weighted by atomic mass is 10.1. The van der Waals surface area contributed by atoms with Gasteiger partial charge in [0, 0.05) is 20.1 Å². The topological polar surface area (TPSA) is 67.2 Å². The van der Waals surface area contributed by atoms with Crippen molar-refractivity contribution in [1.29, 1.82) is 0 Å². The summed E-state index contributed by atoms with van der Waals surface area (Å²) in [5, 5.41) is 4.11. The number of sulfonamides is 1. The molecule has 3 rings (SSSR count). The number of anilines is 1. The number of aromatic nitrogens is 2. The van der Waals surface area contributed by atoms with Crippen molar-refractivity contribution in [2.45, 2.75) is 37.9 Å². The fraction of sp³-hybridized carbons (Fsp3) is 0.438. The Balaban J connectivity index is 1.87.